The minimum atomic E-state index is -1.27. The Bertz CT molecular complexity index is 2190. The van der Waals surface area contributed by atoms with Crippen LogP contribution in [0.1, 0.15) is 37.8 Å². The monoisotopic (exact) mass is 841 g/mol. The molecule has 0 bridgehead atoms. The number of hydrogen-bond donors (Lipinski definition) is 0. The first-order valence-corrected chi connectivity index (χ1v) is 20.0. The normalized spacial score (nSPS) is 12.0. The molecule has 0 N–H and O–H groups in total. The van der Waals surface area contributed by atoms with Crippen LogP contribution in [0.2, 0.25) is 19.6 Å². The molecule has 7 aromatic rings. The van der Waals surface area contributed by atoms with Gasteiger partial charge in [0, 0.05) is 37.9 Å². The van der Waals surface area contributed by atoms with Crippen molar-refractivity contribution in [1.29, 1.82) is 0 Å². The zero-order chi connectivity index (χ0) is 34.0. The van der Waals surface area contributed by atoms with Crippen LogP contribution in [-0.4, -0.2) is 18.0 Å². The summed E-state index contributed by atoms with van der Waals surface area (Å²) in [7, 11) is -1.27. The van der Waals surface area contributed by atoms with Crippen LogP contribution in [0.5, 0.6) is 0 Å². The molecule has 1 atom stereocenters. The quantitative estimate of drug-likeness (QED) is 0.124. The van der Waals surface area contributed by atoms with E-state index >= 15 is 0 Å². The van der Waals surface area contributed by atoms with E-state index in [1.807, 2.05) is 42.6 Å². The van der Waals surface area contributed by atoms with Crippen molar-refractivity contribution in [2.75, 3.05) is 0 Å². The summed E-state index contributed by atoms with van der Waals surface area (Å²) >= 11 is 0. The van der Waals surface area contributed by atoms with Gasteiger partial charge < -0.3 is 14.4 Å². The van der Waals surface area contributed by atoms with Crippen LogP contribution in [0.15, 0.2) is 114 Å². The number of rotatable bonds is 6. The fourth-order valence-corrected chi connectivity index (χ4v) is 7.70. The first kappa shape index (κ1) is 36.1. The molecule has 0 fully saturated rings. The third-order valence-electron chi connectivity index (χ3n) is 9.07. The Balaban J connectivity index is 0.000000221. The molecule has 6 heteroatoms. The van der Waals surface area contributed by atoms with Gasteiger partial charge in [0.25, 0.3) is 0 Å². The van der Waals surface area contributed by atoms with Crippen molar-refractivity contribution in [3.63, 3.8) is 0 Å². The van der Waals surface area contributed by atoms with Gasteiger partial charge in [-0.2, -0.15) is 0 Å². The van der Waals surface area contributed by atoms with E-state index in [0.29, 0.717) is 11.8 Å². The van der Waals surface area contributed by atoms with E-state index in [0.717, 1.165) is 55.6 Å². The van der Waals surface area contributed by atoms with Crippen molar-refractivity contribution in [2.45, 2.75) is 53.3 Å². The van der Waals surface area contributed by atoms with Gasteiger partial charge >= 0.3 is 0 Å². The summed E-state index contributed by atoms with van der Waals surface area (Å²) in [5, 5.41) is 3.53. The van der Waals surface area contributed by atoms with E-state index in [1.165, 1.54) is 28.4 Å². The van der Waals surface area contributed by atoms with Gasteiger partial charge in [-0.1, -0.05) is 93.3 Å². The molecule has 0 saturated carbocycles. The molecule has 49 heavy (non-hydrogen) atoms. The van der Waals surface area contributed by atoms with Crippen molar-refractivity contribution in [3.8, 4) is 33.6 Å². The van der Waals surface area contributed by atoms with Crippen molar-refractivity contribution < 1.29 is 28.9 Å². The first-order chi connectivity index (χ1) is 23.0. The Morgan fingerprint density at radius 3 is 2.14 bits per heavy atom. The summed E-state index contributed by atoms with van der Waals surface area (Å²) in [4.78, 5) is 9.17. The molecule has 0 aliphatic heterocycles. The molecule has 0 aliphatic rings. The van der Waals surface area contributed by atoms with Gasteiger partial charge in [-0.3, -0.25) is 0 Å². The molecule has 0 aliphatic carbocycles. The van der Waals surface area contributed by atoms with Gasteiger partial charge in [0.15, 0.2) is 0 Å². The molecule has 7 rings (SSSR count). The molecular weight excluding hydrogens is 800 g/mol. The average molecular weight is 841 g/mol. The second-order valence-corrected chi connectivity index (χ2v) is 18.9. The molecule has 251 valence electrons. The van der Waals surface area contributed by atoms with Crippen LogP contribution >= 0.6 is 0 Å². The standard InChI is InChI=1S/C28H23FNO.C15H18NSi.Ir/c1-17(2)18(3)20-12-13-30-26(15-20)22-7-11-27-25(14-22)24-10-6-21(16-28(24)31-27)19-4-8-23(29)9-5-19;1-12-10-14(13-8-6-5-7-9-13)16-11-15(12)17(2,3)4;/h4-6,8-18H,1-3H3;5-8,10-11H,1-4H3;/q2*-1;. The number of benzene rings is 4. The van der Waals surface area contributed by atoms with Gasteiger partial charge in [-0.05, 0) is 70.7 Å². The number of pyridine rings is 2. The molecule has 0 amide bonds. The van der Waals surface area contributed by atoms with Gasteiger partial charge in [-0.15, -0.1) is 59.7 Å². The SMILES string of the molecule is CC(C)C(C)c1ccnc(-c2[c-]cc3oc4cc(-c5ccc(F)cc5)ccc4c3c2)c1.Cc1cc(-c2[c-]cccc2)ncc1[Si](C)(C)C.[Ir]. The fourth-order valence-electron chi connectivity index (χ4n) is 5.99. The minimum Gasteiger partial charge on any atom is -0.500 e. The van der Waals surface area contributed by atoms with Crippen LogP contribution in [0, 0.1) is 30.8 Å². The number of halogens is 1. The van der Waals surface area contributed by atoms with E-state index in [-0.39, 0.29) is 25.9 Å². The van der Waals surface area contributed by atoms with Crippen LogP contribution in [0.25, 0.3) is 55.6 Å². The van der Waals surface area contributed by atoms with Crippen LogP contribution < -0.4 is 5.19 Å². The van der Waals surface area contributed by atoms with Gasteiger partial charge in [0.1, 0.15) is 11.4 Å². The van der Waals surface area contributed by atoms with Crippen LogP contribution in [0.3, 0.4) is 0 Å². The van der Waals surface area contributed by atoms with Gasteiger partial charge in [0.05, 0.1) is 13.7 Å². The maximum absolute atomic E-state index is 13.3. The third-order valence-corrected chi connectivity index (χ3v) is 11.2. The summed E-state index contributed by atoms with van der Waals surface area (Å²) < 4.78 is 19.4. The van der Waals surface area contributed by atoms with Crippen LogP contribution in [-0.2, 0) is 20.1 Å². The zero-order valence-corrected chi connectivity index (χ0v) is 32.5. The van der Waals surface area contributed by atoms with Crippen molar-refractivity contribution in [2.24, 2.45) is 5.92 Å². The molecule has 1 unspecified atom stereocenters. The summed E-state index contributed by atoms with van der Waals surface area (Å²) in [5.74, 6) is 0.789. The largest absolute Gasteiger partial charge is 0.500 e. The Morgan fingerprint density at radius 2 is 1.47 bits per heavy atom. The number of nitrogens with zero attached hydrogens (tertiary/aromatic N) is 2. The topological polar surface area (TPSA) is 38.9 Å². The van der Waals surface area contributed by atoms with Crippen LogP contribution in [0.4, 0.5) is 4.39 Å². The van der Waals surface area contributed by atoms with Gasteiger partial charge in [-0.25, -0.2) is 4.39 Å². The predicted octanol–water partition coefficient (Wildman–Crippen LogP) is 11.4. The van der Waals surface area contributed by atoms with E-state index in [9.17, 15) is 4.39 Å². The molecule has 4 aromatic carbocycles. The zero-order valence-electron chi connectivity index (χ0n) is 29.1. The summed E-state index contributed by atoms with van der Waals surface area (Å²) in [5.41, 5.74) is 10.1. The molecule has 3 heterocycles. The van der Waals surface area contributed by atoms with E-state index < -0.39 is 8.07 Å². The molecule has 3 nitrogen and oxygen atoms in total. The van der Waals surface area contributed by atoms with Gasteiger partial charge in [0.2, 0.25) is 0 Å². The fraction of sp³-hybridized carbons (Fsp3) is 0.209. The number of fused-ring (bicyclic) bond motifs is 3. The smallest absolute Gasteiger partial charge is 0.123 e. The summed E-state index contributed by atoms with van der Waals surface area (Å²) in [6.45, 7) is 16.0. The molecule has 1 radical (unpaired) electrons. The number of aryl methyl sites for hydroxylation is 1. The predicted molar refractivity (Wildman–Crippen MR) is 201 cm³/mol. The van der Waals surface area contributed by atoms with E-state index in [1.54, 1.807) is 12.1 Å². The second kappa shape index (κ2) is 15.1. The number of aromatic nitrogens is 2. The molecule has 0 saturated heterocycles. The molecule has 3 aromatic heterocycles. The second-order valence-electron chi connectivity index (χ2n) is 13.9. The maximum atomic E-state index is 13.3. The number of furan rings is 1. The maximum Gasteiger partial charge on any atom is 0.123 e. The molecule has 0 spiro atoms. The Labute approximate surface area is 304 Å². The Morgan fingerprint density at radius 1 is 0.735 bits per heavy atom. The van der Waals surface area contributed by atoms with Crippen molar-refractivity contribution in [3.05, 3.63) is 139 Å². The van der Waals surface area contributed by atoms with Crippen molar-refractivity contribution >= 4 is 35.2 Å². The third kappa shape index (κ3) is 8.16. The number of hydrogen-bond acceptors (Lipinski definition) is 3. The average Bonchev–Trinajstić information content (AvgIpc) is 3.45. The Kier molecular flexibility index (Phi) is 11.1. The van der Waals surface area contributed by atoms with E-state index in [4.69, 9.17) is 4.42 Å². The molecular formula is C43H41FIrN2OSi-2. The summed E-state index contributed by atoms with van der Waals surface area (Å²) in [6.07, 6.45) is 3.93. The van der Waals surface area contributed by atoms with E-state index in [2.05, 4.69) is 112 Å². The van der Waals surface area contributed by atoms with Crippen molar-refractivity contribution in [1.82, 2.24) is 9.97 Å². The Hall–Kier alpha value is -4.22. The minimum absolute atomic E-state index is 0. The first-order valence-electron chi connectivity index (χ1n) is 16.5. The summed E-state index contributed by atoms with van der Waals surface area (Å²) in [6, 6.07) is 37.6.